The first-order valence-electron chi connectivity index (χ1n) is 27.6. The monoisotopic (exact) mass is 1150 g/mol. The fraction of sp³-hybridized carbons (Fsp3) is 0.617. The van der Waals surface area contributed by atoms with Gasteiger partial charge >= 0.3 is 24.0 Å². The van der Waals surface area contributed by atoms with E-state index in [4.69, 9.17) is 42.6 Å². The predicted octanol–water partition coefficient (Wildman–Crippen LogP) is 4.81. The number of ether oxygens (including phenoxy) is 9. The summed E-state index contributed by atoms with van der Waals surface area (Å²) in [6, 6.07) is 14.0. The lowest BCUT2D eigenvalue weighted by molar-refractivity contribution is -0.341. The van der Waals surface area contributed by atoms with E-state index in [9.17, 15) is 38.7 Å². The van der Waals surface area contributed by atoms with Crippen molar-refractivity contribution >= 4 is 53.2 Å². The van der Waals surface area contributed by atoms with Gasteiger partial charge in [-0.1, -0.05) is 74.5 Å². The van der Waals surface area contributed by atoms with Gasteiger partial charge in [0.2, 0.25) is 17.9 Å². The van der Waals surface area contributed by atoms with Gasteiger partial charge in [0.1, 0.15) is 49.8 Å². The summed E-state index contributed by atoms with van der Waals surface area (Å²) in [6.45, 7) is 12.6. The topological polar surface area (TPSA) is 293 Å². The summed E-state index contributed by atoms with van der Waals surface area (Å²) in [5.41, 5.74) is -6.81. The van der Waals surface area contributed by atoms with Gasteiger partial charge in [-0.15, -0.1) is 0 Å². The highest BCUT2D eigenvalue weighted by molar-refractivity contribution is 5.97. The number of hydrogen-bond acceptors (Lipinski definition) is 19. The average molecular weight is 1150 g/mol. The number of benzene rings is 2. The lowest BCUT2D eigenvalue weighted by Gasteiger charge is -2.68. The number of amides is 3. The van der Waals surface area contributed by atoms with Gasteiger partial charge in [0.05, 0.1) is 29.8 Å². The van der Waals surface area contributed by atoms with E-state index in [0.717, 1.165) is 0 Å². The first kappa shape index (κ1) is 64.7. The van der Waals surface area contributed by atoms with Crippen LogP contribution in [0.15, 0.2) is 71.8 Å². The van der Waals surface area contributed by atoms with Gasteiger partial charge in [0.15, 0.2) is 23.0 Å². The zero-order chi connectivity index (χ0) is 60.5. The number of alkyl carbamates (subject to hydrolysis) is 1. The third-order valence-electron chi connectivity index (χ3n) is 16.6. The molecule has 3 fully saturated rings. The van der Waals surface area contributed by atoms with Crippen molar-refractivity contribution in [1.29, 1.82) is 0 Å². The van der Waals surface area contributed by atoms with Crippen LogP contribution in [0.1, 0.15) is 123 Å². The summed E-state index contributed by atoms with van der Waals surface area (Å²) in [7, 11) is 4.18. The van der Waals surface area contributed by atoms with Gasteiger partial charge in [0.25, 0.3) is 0 Å². The van der Waals surface area contributed by atoms with Gasteiger partial charge < -0.3 is 63.7 Å². The maximum Gasteiger partial charge on any atom is 0.408 e. The summed E-state index contributed by atoms with van der Waals surface area (Å²) in [6.07, 6.45) is -7.22. The highest BCUT2D eigenvalue weighted by Crippen LogP contribution is 2.67. The first-order valence-corrected chi connectivity index (χ1v) is 27.6. The lowest BCUT2D eigenvalue weighted by Crippen LogP contribution is -2.80. The van der Waals surface area contributed by atoms with Crippen LogP contribution in [0.25, 0.3) is 0 Å². The number of fused-ring (bicyclic) bond motifs is 5. The second-order valence-electron chi connectivity index (χ2n) is 23.4. The number of nitrogens with one attached hydrogen (secondary N) is 3. The van der Waals surface area contributed by atoms with Gasteiger partial charge in [-0.25, -0.2) is 14.4 Å². The van der Waals surface area contributed by atoms with Crippen molar-refractivity contribution in [2.45, 2.75) is 160 Å². The van der Waals surface area contributed by atoms with Gasteiger partial charge in [-0.2, -0.15) is 0 Å². The number of esters is 3. The molecule has 1 heterocycles. The highest BCUT2D eigenvalue weighted by atomic mass is 16.6. The van der Waals surface area contributed by atoms with E-state index in [1.54, 1.807) is 109 Å². The molecule has 4 aliphatic rings. The second-order valence-corrected chi connectivity index (χ2v) is 23.4. The molecule has 2 bridgehead atoms. The van der Waals surface area contributed by atoms with Crippen LogP contribution in [0, 0.1) is 22.7 Å². The van der Waals surface area contributed by atoms with E-state index in [2.05, 4.69) is 16.0 Å². The summed E-state index contributed by atoms with van der Waals surface area (Å²) in [5, 5.41) is 22.1. The van der Waals surface area contributed by atoms with Crippen LogP contribution in [0.3, 0.4) is 0 Å². The fourth-order valence-corrected chi connectivity index (χ4v) is 12.7. The average Bonchev–Trinajstić information content (AvgIpc) is 3.42. The molecule has 82 heavy (non-hydrogen) atoms. The maximum absolute atomic E-state index is 15.9. The van der Waals surface area contributed by atoms with E-state index in [1.807, 2.05) is 0 Å². The Morgan fingerprint density at radius 1 is 0.841 bits per heavy atom. The molecule has 5 unspecified atom stereocenters. The Kier molecular flexibility index (Phi) is 21.2. The van der Waals surface area contributed by atoms with E-state index in [0.29, 0.717) is 24.9 Å². The Balaban J connectivity index is 1.39. The lowest BCUT2D eigenvalue weighted by atomic mass is 9.41. The van der Waals surface area contributed by atoms with Crippen LogP contribution in [-0.2, 0) is 76.2 Å². The number of Topliss-reactive ketones (excluding diaryl/α,β-unsaturated/α-hetero) is 3. The van der Waals surface area contributed by atoms with Crippen molar-refractivity contribution in [3.05, 3.63) is 82.9 Å². The van der Waals surface area contributed by atoms with Crippen LogP contribution in [0.4, 0.5) is 4.79 Å². The van der Waals surface area contributed by atoms with Crippen molar-refractivity contribution in [3.63, 3.8) is 0 Å². The first-order chi connectivity index (χ1) is 38.6. The minimum atomic E-state index is -2.15. The van der Waals surface area contributed by atoms with E-state index in [-0.39, 0.29) is 54.5 Å². The third-order valence-corrected chi connectivity index (χ3v) is 16.6. The van der Waals surface area contributed by atoms with Crippen LogP contribution >= 0.6 is 0 Å². The molecule has 1 aliphatic heterocycles. The number of methoxy groups -OCH3 is 3. The molecule has 2 aromatic rings. The van der Waals surface area contributed by atoms with Crippen LogP contribution in [-0.4, -0.2) is 166 Å². The zero-order valence-electron chi connectivity index (χ0n) is 49.0. The summed E-state index contributed by atoms with van der Waals surface area (Å²) in [4.78, 5) is 124. The molecule has 0 radical (unpaired) electrons. The molecular formula is C60H81N3O19. The number of carbonyl (C=O) groups excluding carboxylic acids is 9. The molecule has 4 N–H and O–H groups in total. The zero-order valence-corrected chi connectivity index (χ0v) is 49.0. The van der Waals surface area contributed by atoms with Crippen molar-refractivity contribution in [2.24, 2.45) is 22.7 Å². The van der Waals surface area contributed by atoms with Crippen molar-refractivity contribution < 1.29 is 90.9 Å². The SMILES string of the molecule is COCC(=O)NCCCCC(NC(=O)COCC(=O)OC(C(=O)O[C@H]1C[C@@]2(O)C(CC(=O)c3ccccc3)C3[C@]4(OC(C)=O)COC4C[C@H](OC)[C@@]3(C)C(=O)[C@H](OC)C(=C1C)C2(C)C)[C@@H](NC(=O)OC(C)(C)C)c1ccccc1)C(C)=O. The molecule has 450 valence electrons. The summed E-state index contributed by atoms with van der Waals surface area (Å²) in [5.74, 6) is -7.90. The third kappa shape index (κ3) is 14.0. The highest BCUT2D eigenvalue weighted by Gasteiger charge is 2.77. The molecule has 12 atom stereocenters. The molecule has 2 saturated carbocycles. The normalized spacial score (nSPS) is 27.5. The number of hydrogen-bond donors (Lipinski definition) is 4. The van der Waals surface area contributed by atoms with Crippen LogP contribution in [0.5, 0.6) is 0 Å². The van der Waals surface area contributed by atoms with Crippen molar-refractivity contribution in [2.75, 3.05) is 54.3 Å². The van der Waals surface area contributed by atoms with Crippen molar-refractivity contribution in [3.8, 4) is 0 Å². The molecule has 1 saturated heterocycles. The number of unbranched alkanes of at least 4 members (excludes halogenated alkanes) is 1. The summed E-state index contributed by atoms with van der Waals surface area (Å²) >= 11 is 0. The maximum atomic E-state index is 15.9. The van der Waals surface area contributed by atoms with Crippen LogP contribution in [0.2, 0.25) is 0 Å². The largest absolute Gasteiger partial charge is 0.455 e. The second kappa shape index (κ2) is 26.9. The quantitative estimate of drug-likeness (QED) is 0.0341. The minimum absolute atomic E-state index is 0.0963. The Morgan fingerprint density at radius 2 is 1.50 bits per heavy atom. The van der Waals surface area contributed by atoms with Crippen molar-refractivity contribution in [1.82, 2.24) is 16.0 Å². The summed E-state index contributed by atoms with van der Waals surface area (Å²) < 4.78 is 53.0. The molecule has 2 aromatic carbocycles. The smallest absolute Gasteiger partial charge is 0.408 e. The van der Waals surface area contributed by atoms with E-state index < -0.39 is 150 Å². The fourth-order valence-electron chi connectivity index (χ4n) is 12.7. The molecule has 22 heteroatoms. The molecular weight excluding hydrogens is 1070 g/mol. The van der Waals surface area contributed by atoms with Crippen LogP contribution < -0.4 is 16.0 Å². The molecule has 3 aliphatic carbocycles. The molecule has 0 spiro atoms. The van der Waals surface area contributed by atoms with E-state index >= 15 is 9.59 Å². The number of carbonyl (C=O) groups is 9. The Morgan fingerprint density at radius 3 is 2.07 bits per heavy atom. The number of ketones is 3. The Bertz CT molecular complexity index is 2710. The van der Waals surface area contributed by atoms with Gasteiger partial charge in [-0.05, 0) is 77.5 Å². The molecule has 6 rings (SSSR count). The molecule has 22 nitrogen and oxygen atoms in total. The molecule has 3 amide bonds. The van der Waals surface area contributed by atoms with Gasteiger partial charge in [0, 0.05) is 76.9 Å². The Hall–Kier alpha value is -6.43. The van der Waals surface area contributed by atoms with Gasteiger partial charge in [-0.3, -0.25) is 28.8 Å². The minimum Gasteiger partial charge on any atom is -0.455 e. The number of rotatable bonds is 25. The standard InChI is InChI=1S/C60H81N3O19/c1-34-42(29-60(73)39(27-41(66)37-21-15-13-16-22-37)52-58(9,53(70)50(76-12)48(34)57(60,7)8)43(75-11)28-44-59(52,33-78-44)81-36(3)65)79-54(71)51(49(38-23-17-14-18-24-38)63-55(72)82-56(4,5)6)80-47(69)32-77-31-46(68)62-40(35(2)64)25-19-20-26-61-45(67)30-74-10/h13-18,21-24,39-40,42-44,49-52,73H,19-20,25-33H2,1-12H3,(H,61,67)(H,62,68)(H,63,72)/t39?,40?,42-,43-,44?,49-,50+,51?,52?,58+,59-,60+/m0/s1. The Labute approximate surface area is 478 Å². The predicted molar refractivity (Wildman–Crippen MR) is 292 cm³/mol. The number of aliphatic hydroxyl groups is 1. The molecule has 0 aromatic heterocycles. The van der Waals surface area contributed by atoms with E-state index in [1.165, 1.54) is 35.2 Å².